The van der Waals surface area contributed by atoms with Crippen LogP contribution in [0.5, 0.6) is 5.75 Å². The molecule has 1 aromatic carbocycles. The molecular weight excluding hydrogens is 338 g/mol. The van der Waals surface area contributed by atoms with Gasteiger partial charge in [0.05, 0.1) is 26.2 Å². The lowest BCUT2D eigenvalue weighted by Gasteiger charge is -2.36. The second-order valence-electron chi connectivity index (χ2n) is 7.11. The average molecular weight is 361 g/mol. The number of ether oxygens (including phenoxy) is 2. The van der Waals surface area contributed by atoms with E-state index in [9.17, 15) is 19.5 Å². The van der Waals surface area contributed by atoms with E-state index in [1.165, 1.54) is 18.9 Å². The summed E-state index contributed by atoms with van der Waals surface area (Å²) in [6.45, 7) is 1.51. The van der Waals surface area contributed by atoms with E-state index in [1.54, 1.807) is 31.4 Å². The highest BCUT2D eigenvalue weighted by molar-refractivity contribution is 5.92. The van der Waals surface area contributed by atoms with Crippen molar-refractivity contribution in [2.24, 2.45) is 11.8 Å². The summed E-state index contributed by atoms with van der Waals surface area (Å²) in [5.41, 5.74) is -0.761. The molecule has 1 aliphatic carbocycles. The summed E-state index contributed by atoms with van der Waals surface area (Å²) in [5.74, 6) is -2.09. The highest BCUT2D eigenvalue weighted by atomic mass is 16.5. The van der Waals surface area contributed by atoms with Crippen LogP contribution in [-0.4, -0.2) is 47.6 Å². The number of esters is 1. The van der Waals surface area contributed by atoms with Crippen LogP contribution in [0.2, 0.25) is 0 Å². The lowest BCUT2D eigenvalue weighted by Crippen LogP contribution is -2.52. The Labute approximate surface area is 151 Å². The minimum atomic E-state index is -1.46. The fourth-order valence-corrected chi connectivity index (χ4v) is 3.77. The van der Waals surface area contributed by atoms with Crippen LogP contribution in [0.1, 0.15) is 37.8 Å². The molecule has 2 aliphatic rings. The number of carboxylic acids is 1. The number of amides is 1. The quantitative estimate of drug-likeness (QED) is 0.807. The maximum absolute atomic E-state index is 13.0. The number of benzene rings is 1. The molecule has 0 radical (unpaired) electrons. The Morgan fingerprint density at radius 1 is 1.15 bits per heavy atom. The zero-order valence-electron chi connectivity index (χ0n) is 15.1. The van der Waals surface area contributed by atoms with Gasteiger partial charge in [0.25, 0.3) is 0 Å². The number of hydrogen-bond donors (Lipinski definition) is 1. The topological polar surface area (TPSA) is 93.1 Å². The van der Waals surface area contributed by atoms with Crippen molar-refractivity contribution in [2.45, 2.75) is 37.8 Å². The van der Waals surface area contributed by atoms with Crippen molar-refractivity contribution >= 4 is 17.8 Å². The normalized spacial score (nSPS) is 27.9. The standard InChI is InChI=1S/C19H23NO6/c1-19(18(23)24)10-14(17(22)26-3)15(20(19)16(21)12-4-5-12)11-6-8-13(25-2)9-7-11/h6-9,12,14-15H,4-5,10H2,1-3H3,(H,23,24). The summed E-state index contributed by atoms with van der Waals surface area (Å²) in [7, 11) is 2.82. The molecule has 0 aromatic heterocycles. The fraction of sp³-hybridized carbons (Fsp3) is 0.526. The van der Waals surface area contributed by atoms with E-state index in [4.69, 9.17) is 9.47 Å². The van der Waals surface area contributed by atoms with Crippen LogP contribution in [0.4, 0.5) is 0 Å². The molecule has 1 amide bonds. The van der Waals surface area contributed by atoms with Gasteiger partial charge in [-0.1, -0.05) is 12.1 Å². The molecule has 140 valence electrons. The number of carbonyl (C=O) groups is 3. The fourth-order valence-electron chi connectivity index (χ4n) is 3.77. The van der Waals surface area contributed by atoms with Crippen LogP contribution < -0.4 is 4.74 Å². The summed E-state index contributed by atoms with van der Waals surface area (Å²) >= 11 is 0. The largest absolute Gasteiger partial charge is 0.497 e. The van der Waals surface area contributed by atoms with E-state index >= 15 is 0 Å². The molecule has 1 saturated carbocycles. The molecular formula is C19H23NO6. The second-order valence-corrected chi connectivity index (χ2v) is 7.11. The van der Waals surface area contributed by atoms with E-state index in [0.29, 0.717) is 11.3 Å². The van der Waals surface area contributed by atoms with E-state index < -0.39 is 29.4 Å². The predicted octanol–water partition coefficient (Wildman–Crippen LogP) is 2.01. The zero-order chi connectivity index (χ0) is 19.1. The number of carboxylic acid groups (broad SMARTS) is 1. The molecule has 7 nitrogen and oxygen atoms in total. The van der Waals surface area contributed by atoms with Gasteiger partial charge in [0.2, 0.25) is 5.91 Å². The first kappa shape index (κ1) is 18.2. The van der Waals surface area contributed by atoms with Crippen molar-refractivity contribution in [3.63, 3.8) is 0 Å². The number of nitrogens with zero attached hydrogens (tertiary/aromatic N) is 1. The van der Waals surface area contributed by atoms with Crippen LogP contribution in [0, 0.1) is 11.8 Å². The van der Waals surface area contributed by atoms with Crippen molar-refractivity contribution in [3.8, 4) is 5.75 Å². The molecule has 1 aliphatic heterocycles. The lowest BCUT2D eigenvalue weighted by molar-refractivity contribution is -0.158. The van der Waals surface area contributed by atoms with E-state index in [0.717, 1.165) is 12.8 Å². The molecule has 3 rings (SSSR count). The average Bonchev–Trinajstić information content (AvgIpc) is 3.44. The van der Waals surface area contributed by atoms with Gasteiger partial charge in [-0.15, -0.1) is 0 Å². The number of hydrogen-bond acceptors (Lipinski definition) is 5. The SMILES string of the molecule is COC(=O)C1CC(C)(C(=O)O)N(C(=O)C2CC2)C1c1ccc(OC)cc1. The summed E-state index contributed by atoms with van der Waals surface area (Å²) in [6, 6.07) is 6.32. The van der Waals surface area contributed by atoms with Gasteiger partial charge in [-0.2, -0.15) is 0 Å². The van der Waals surface area contributed by atoms with Crippen LogP contribution in [0.25, 0.3) is 0 Å². The molecule has 7 heteroatoms. The monoisotopic (exact) mass is 361 g/mol. The molecule has 3 atom stereocenters. The van der Waals surface area contributed by atoms with Gasteiger partial charge in [-0.3, -0.25) is 9.59 Å². The number of carbonyl (C=O) groups excluding carboxylic acids is 2. The molecule has 26 heavy (non-hydrogen) atoms. The van der Waals surface area contributed by atoms with Gasteiger partial charge < -0.3 is 19.5 Å². The van der Waals surface area contributed by atoms with Gasteiger partial charge in [0, 0.05) is 5.92 Å². The Bertz CT molecular complexity index is 726. The second kappa shape index (κ2) is 6.63. The maximum atomic E-state index is 13.0. The van der Waals surface area contributed by atoms with Crippen LogP contribution >= 0.6 is 0 Å². The molecule has 3 unspecified atom stereocenters. The minimum Gasteiger partial charge on any atom is -0.497 e. The molecule has 1 heterocycles. The number of methoxy groups -OCH3 is 2. The highest BCUT2D eigenvalue weighted by Crippen LogP contribution is 2.50. The summed E-state index contributed by atoms with van der Waals surface area (Å²) in [6.07, 6.45) is 1.52. The Balaban J connectivity index is 2.09. The van der Waals surface area contributed by atoms with Crippen molar-refractivity contribution in [1.82, 2.24) is 4.90 Å². The van der Waals surface area contributed by atoms with E-state index in [2.05, 4.69) is 0 Å². The molecule has 1 N–H and O–H groups in total. The van der Waals surface area contributed by atoms with Crippen LogP contribution in [-0.2, 0) is 19.1 Å². The van der Waals surface area contributed by atoms with Gasteiger partial charge in [-0.05, 0) is 43.9 Å². The van der Waals surface area contributed by atoms with Crippen molar-refractivity contribution in [3.05, 3.63) is 29.8 Å². The third-order valence-corrected chi connectivity index (χ3v) is 5.39. The number of likely N-dealkylation sites (tertiary alicyclic amines) is 1. The molecule has 2 fully saturated rings. The number of aliphatic carboxylic acids is 1. The van der Waals surface area contributed by atoms with E-state index in [-0.39, 0.29) is 18.2 Å². The highest BCUT2D eigenvalue weighted by Gasteiger charge is 2.59. The van der Waals surface area contributed by atoms with Crippen molar-refractivity contribution in [1.29, 1.82) is 0 Å². The van der Waals surface area contributed by atoms with Crippen molar-refractivity contribution < 1.29 is 29.0 Å². The summed E-state index contributed by atoms with van der Waals surface area (Å²) in [4.78, 5) is 38.8. The number of rotatable bonds is 5. The maximum Gasteiger partial charge on any atom is 0.329 e. The molecule has 1 saturated heterocycles. The van der Waals surface area contributed by atoms with Crippen LogP contribution in [0.15, 0.2) is 24.3 Å². The summed E-state index contributed by atoms with van der Waals surface area (Å²) in [5, 5.41) is 9.85. The first-order chi connectivity index (χ1) is 12.3. The Morgan fingerprint density at radius 2 is 1.77 bits per heavy atom. The smallest absolute Gasteiger partial charge is 0.329 e. The molecule has 0 bridgehead atoms. The van der Waals surface area contributed by atoms with Gasteiger partial charge >= 0.3 is 11.9 Å². The lowest BCUT2D eigenvalue weighted by atomic mass is 9.90. The van der Waals surface area contributed by atoms with Gasteiger partial charge in [0.15, 0.2) is 0 Å². The van der Waals surface area contributed by atoms with Crippen molar-refractivity contribution in [2.75, 3.05) is 14.2 Å². The first-order valence-electron chi connectivity index (χ1n) is 8.62. The predicted molar refractivity (Wildman–Crippen MR) is 91.5 cm³/mol. The minimum absolute atomic E-state index is 0.0180. The van der Waals surface area contributed by atoms with Gasteiger partial charge in [0.1, 0.15) is 11.3 Å². The third kappa shape index (κ3) is 2.91. The molecule has 0 spiro atoms. The Kier molecular flexibility index (Phi) is 4.64. The zero-order valence-corrected chi connectivity index (χ0v) is 15.1. The Hall–Kier alpha value is -2.57. The Morgan fingerprint density at radius 3 is 2.23 bits per heavy atom. The summed E-state index contributed by atoms with van der Waals surface area (Å²) < 4.78 is 10.1. The third-order valence-electron chi connectivity index (χ3n) is 5.39. The van der Waals surface area contributed by atoms with Crippen LogP contribution in [0.3, 0.4) is 0 Å². The van der Waals surface area contributed by atoms with E-state index in [1.807, 2.05) is 0 Å². The molecule has 1 aromatic rings. The van der Waals surface area contributed by atoms with Gasteiger partial charge in [-0.25, -0.2) is 4.79 Å². The first-order valence-corrected chi connectivity index (χ1v) is 8.62.